The molecule has 3 rings (SSSR count). The fraction of sp³-hybridized carbons (Fsp3) is 0. The second-order valence-electron chi connectivity index (χ2n) is 5.38. The molecule has 1 amide bonds. The molecule has 134 valence electrons. The molecule has 3 aromatic rings. The van der Waals surface area contributed by atoms with Gasteiger partial charge in [0, 0.05) is 23.0 Å². The summed E-state index contributed by atoms with van der Waals surface area (Å²) in [5.41, 5.74) is 3.69. The number of carbonyl (C=O) groups excluding carboxylic acids is 2. The Kier molecular flexibility index (Phi) is 5.91. The van der Waals surface area contributed by atoms with Crippen molar-refractivity contribution in [1.82, 2.24) is 10.4 Å². The molecule has 1 aromatic heterocycles. The Hall–Kier alpha value is -3.51. The van der Waals surface area contributed by atoms with E-state index in [1.54, 1.807) is 66.9 Å². The fourth-order valence-electron chi connectivity index (χ4n) is 2.15. The van der Waals surface area contributed by atoms with Crippen molar-refractivity contribution in [2.24, 2.45) is 5.10 Å². The number of hydrazone groups is 1. The van der Waals surface area contributed by atoms with E-state index in [1.807, 2.05) is 0 Å². The number of carbonyl (C=O) groups is 2. The molecule has 0 bridgehead atoms. The highest BCUT2D eigenvalue weighted by Gasteiger charge is 2.11. The number of rotatable bonds is 5. The monoisotopic (exact) mass is 379 g/mol. The van der Waals surface area contributed by atoms with Crippen LogP contribution in [0.15, 0.2) is 78.2 Å². The number of halogens is 1. The molecule has 7 heteroatoms. The Morgan fingerprint density at radius 3 is 2.52 bits per heavy atom. The maximum Gasteiger partial charge on any atom is 0.343 e. The summed E-state index contributed by atoms with van der Waals surface area (Å²) >= 11 is 5.82. The van der Waals surface area contributed by atoms with Crippen LogP contribution in [0.5, 0.6) is 5.75 Å². The molecule has 0 radical (unpaired) electrons. The van der Waals surface area contributed by atoms with Gasteiger partial charge in [-0.15, -0.1) is 0 Å². The molecule has 0 atom stereocenters. The minimum Gasteiger partial charge on any atom is -0.422 e. The Morgan fingerprint density at radius 1 is 1.00 bits per heavy atom. The average Bonchev–Trinajstić information content (AvgIpc) is 2.70. The second-order valence-corrected chi connectivity index (χ2v) is 5.81. The summed E-state index contributed by atoms with van der Waals surface area (Å²) in [6.45, 7) is 0. The molecule has 0 unspecified atom stereocenters. The molecule has 0 aliphatic carbocycles. The van der Waals surface area contributed by atoms with Crippen LogP contribution >= 0.6 is 11.6 Å². The lowest BCUT2D eigenvalue weighted by atomic mass is 10.2. The number of amides is 1. The lowest BCUT2D eigenvalue weighted by molar-refractivity contribution is 0.0734. The number of hydrogen-bond donors (Lipinski definition) is 1. The standard InChI is InChI=1S/C20H14ClN3O3/c21-17-9-7-14(8-10-17)20(26)27-18-6-2-1-4-15(18)13-23-24-19(25)16-5-3-11-22-12-16/h1-13H,(H,24,25)/b23-13+. The Morgan fingerprint density at radius 2 is 1.78 bits per heavy atom. The summed E-state index contributed by atoms with van der Waals surface area (Å²) in [5.74, 6) is -0.598. The Balaban J connectivity index is 1.69. The van der Waals surface area contributed by atoms with Crippen LogP contribution in [0.25, 0.3) is 0 Å². The highest BCUT2D eigenvalue weighted by molar-refractivity contribution is 6.30. The van der Waals surface area contributed by atoms with E-state index in [2.05, 4.69) is 15.5 Å². The first kappa shape index (κ1) is 18.3. The fourth-order valence-corrected chi connectivity index (χ4v) is 2.27. The predicted octanol–water partition coefficient (Wildman–Crippen LogP) is 3.72. The topological polar surface area (TPSA) is 80.6 Å². The van der Waals surface area contributed by atoms with Gasteiger partial charge >= 0.3 is 5.97 Å². The van der Waals surface area contributed by atoms with Crippen molar-refractivity contribution in [3.8, 4) is 5.75 Å². The number of nitrogens with one attached hydrogen (secondary N) is 1. The van der Waals surface area contributed by atoms with Crippen molar-refractivity contribution < 1.29 is 14.3 Å². The van der Waals surface area contributed by atoms with E-state index < -0.39 is 11.9 Å². The highest BCUT2D eigenvalue weighted by atomic mass is 35.5. The number of benzene rings is 2. The van der Waals surface area contributed by atoms with Gasteiger partial charge in [0.25, 0.3) is 5.91 Å². The van der Waals surface area contributed by atoms with E-state index in [4.69, 9.17) is 16.3 Å². The number of nitrogens with zero attached hydrogens (tertiary/aromatic N) is 2. The molecule has 0 spiro atoms. The van der Waals surface area contributed by atoms with Gasteiger partial charge in [0.05, 0.1) is 17.3 Å². The smallest absolute Gasteiger partial charge is 0.343 e. The van der Waals surface area contributed by atoms with Crippen LogP contribution < -0.4 is 10.2 Å². The normalized spacial score (nSPS) is 10.6. The Bertz CT molecular complexity index is 973. The largest absolute Gasteiger partial charge is 0.422 e. The zero-order chi connectivity index (χ0) is 19.1. The van der Waals surface area contributed by atoms with Crippen LogP contribution in [0.1, 0.15) is 26.3 Å². The van der Waals surface area contributed by atoms with Gasteiger partial charge < -0.3 is 4.74 Å². The van der Waals surface area contributed by atoms with E-state index in [0.29, 0.717) is 27.5 Å². The molecule has 0 aliphatic heterocycles. The molecule has 1 N–H and O–H groups in total. The number of esters is 1. The summed E-state index contributed by atoms with van der Waals surface area (Å²) < 4.78 is 5.42. The lowest BCUT2D eigenvalue weighted by Crippen LogP contribution is -2.17. The zero-order valence-electron chi connectivity index (χ0n) is 14.0. The number of pyridine rings is 1. The third-order valence-corrected chi connectivity index (χ3v) is 3.75. The summed E-state index contributed by atoms with van der Waals surface area (Å²) in [6.07, 6.45) is 4.41. The molecular weight excluding hydrogens is 366 g/mol. The van der Waals surface area contributed by atoms with Crippen molar-refractivity contribution in [3.05, 3.63) is 94.8 Å². The van der Waals surface area contributed by atoms with Crippen molar-refractivity contribution in [3.63, 3.8) is 0 Å². The van der Waals surface area contributed by atoms with Gasteiger partial charge in [-0.1, -0.05) is 23.7 Å². The van der Waals surface area contributed by atoms with Crippen molar-refractivity contribution >= 4 is 29.7 Å². The molecule has 0 fully saturated rings. The molecule has 2 aromatic carbocycles. The molecule has 27 heavy (non-hydrogen) atoms. The van der Waals surface area contributed by atoms with Gasteiger partial charge in [-0.3, -0.25) is 9.78 Å². The van der Waals surface area contributed by atoms with E-state index in [0.717, 1.165) is 0 Å². The van der Waals surface area contributed by atoms with Gasteiger partial charge in [-0.2, -0.15) is 5.10 Å². The summed E-state index contributed by atoms with van der Waals surface area (Å²) in [6, 6.07) is 16.5. The maximum absolute atomic E-state index is 12.3. The minimum atomic E-state index is -0.521. The van der Waals surface area contributed by atoms with Crippen molar-refractivity contribution in [2.45, 2.75) is 0 Å². The van der Waals surface area contributed by atoms with Gasteiger partial charge in [0.1, 0.15) is 5.75 Å². The first-order valence-electron chi connectivity index (χ1n) is 7.94. The van der Waals surface area contributed by atoms with E-state index in [-0.39, 0.29) is 0 Å². The summed E-state index contributed by atoms with van der Waals surface area (Å²) in [7, 11) is 0. The summed E-state index contributed by atoms with van der Waals surface area (Å²) in [5, 5.41) is 4.44. The number of hydrogen-bond acceptors (Lipinski definition) is 5. The SMILES string of the molecule is O=C(N/N=C/c1ccccc1OC(=O)c1ccc(Cl)cc1)c1cccnc1. The molecule has 0 saturated heterocycles. The minimum absolute atomic E-state index is 0.317. The molecule has 0 aliphatic rings. The number of aromatic nitrogens is 1. The maximum atomic E-state index is 12.3. The third-order valence-electron chi connectivity index (χ3n) is 3.50. The number of para-hydroxylation sites is 1. The first-order valence-corrected chi connectivity index (χ1v) is 8.31. The quantitative estimate of drug-likeness (QED) is 0.317. The predicted molar refractivity (Wildman–Crippen MR) is 102 cm³/mol. The first-order chi connectivity index (χ1) is 13.1. The van der Waals surface area contributed by atoms with Gasteiger partial charge in [0.2, 0.25) is 0 Å². The van der Waals surface area contributed by atoms with Crippen LogP contribution in [0.4, 0.5) is 0 Å². The number of ether oxygens (including phenoxy) is 1. The Labute approximate surface area is 160 Å². The van der Waals surface area contributed by atoms with Crippen LogP contribution in [-0.2, 0) is 0 Å². The van der Waals surface area contributed by atoms with Gasteiger partial charge in [-0.25, -0.2) is 10.2 Å². The summed E-state index contributed by atoms with van der Waals surface area (Å²) in [4.78, 5) is 28.1. The van der Waals surface area contributed by atoms with Crippen molar-refractivity contribution in [1.29, 1.82) is 0 Å². The molecule has 1 heterocycles. The molecule has 6 nitrogen and oxygen atoms in total. The van der Waals surface area contributed by atoms with E-state index >= 15 is 0 Å². The van der Waals surface area contributed by atoms with Crippen LogP contribution in [0.2, 0.25) is 5.02 Å². The van der Waals surface area contributed by atoms with Crippen LogP contribution in [0, 0.1) is 0 Å². The highest BCUT2D eigenvalue weighted by Crippen LogP contribution is 2.18. The van der Waals surface area contributed by atoms with Crippen LogP contribution in [-0.4, -0.2) is 23.1 Å². The van der Waals surface area contributed by atoms with Crippen LogP contribution in [0.3, 0.4) is 0 Å². The molecular formula is C20H14ClN3O3. The van der Waals surface area contributed by atoms with Gasteiger partial charge in [-0.05, 0) is 48.5 Å². The second kappa shape index (κ2) is 8.73. The molecule has 0 saturated carbocycles. The van der Waals surface area contributed by atoms with E-state index in [9.17, 15) is 9.59 Å². The van der Waals surface area contributed by atoms with Gasteiger partial charge in [0.15, 0.2) is 0 Å². The third kappa shape index (κ3) is 4.99. The lowest BCUT2D eigenvalue weighted by Gasteiger charge is -2.07. The zero-order valence-corrected chi connectivity index (χ0v) is 14.8. The average molecular weight is 380 g/mol. The van der Waals surface area contributed by atoms with E-state index in [1.165, 1.54) is 12.4 Å². The van der Waals surface area contributed by atoms with Crippen molar-refractivity contribution in [2.75, 3.05) is 0 Å².